The van der Waals surface area contributed by atoms with Gasteiger partial charge in [0.2, 0.25) is 0 Å². The molecule has 0 radical (unpaired) electrons. The second-order valence-electron chi connectivity index (χ2n) is 8.34. The minimum Gasteiger partial charge on any atom is -0.135 e. The molecular weight excluding hydrogens is 424 g/mol. The van der Waals surface area contributed by atoms with Crippen LogP contribution in [0.3, 0.4) is 0 Å². The lowest BCUT2D eigenvalue weighted by Gasteiger charge is -2.10. The molecule has 6 rings (SSSR count). The fourth-order valence-electron chi connectivity index (χ4n) is 4.40. The summed E-state index contributed by atoms with van der Waals surface area (Å²) in [5.41, 5.74) is 7.88. The average Bonchev–Trinajstić information content (AvgIpc) is 3.38. The molecule has 0 N–H and O–H groups in total. The lowest BCUT2D eigenvalue weighted by molar-refractivity contribution is 1.47. The molecule has 2 heteroatoms. The van der Waals surface area contributed by atoms with Gasteiger partial charge in [-0.3, -0.25) is 0 Å². The molecular formula is C30H22S2. The standard InChI is InChI=1S/C30H22S2/c1-19-11-15-21(16-12-19)29-27(23-7-3-5-9-25(23)31-29)28-24-8-4-6-10-26(24)32-30(28)22-17-13-20(2)14-18-22/h3-18H,1-2H3. The molecule has 0 aliphatic heterocycles. The van der Waals surface area contributed by atoms with Crippen molar-refractivity contribution in [2.24, 2.45) is 0 Å². The minimum absolute atomic E-state index is 1.29. The average molecular weight is 447 g/mol. The van der Waals surface area contributed by atoms with Gasteiger partial charge >= 0.3 is 0 Å². The molecule has 0 unspecified atom stereocenters. The van der Waals surface area contributed by atoms with Gasteiger partial charge < -0.3 is 0 Å². The Bertz CT molecular complexity index is 1440. The normalized spacial score (nSPS) is 11.4. The predicted octanol–water partition coefficient (Wildman–Crippen LogP) is 9.73. The lowest BCUT2D eigenvalue weighted by Crippen LogP contribution is -1.84. The van der Waals surface area contributed by atoms with E-state index in [1.807, 2.05) is 22.7 Å². The lowest BCUT2D eigenvalue weighted by atomic mass is 9.94. The van der Waals surface area contributed by atoms with Crippen molar-refractivity contribution in [3.63, 3.8) is 0 Å². The van der Waals surface area contributed by atoms with Gasteiger partial charge in [-0.15, -0.1) is 22.7 Å². The van der Waals surface area contributed by atoms with E-state index in [4.69, 9.17) is 0 Å². The van der Waals surface area contributed by atoms with Crippen molar-refractivity contribution in [2.75, 3.05) is 0 Å². The Balaban J connectivity index is 1.74. The number of fused-ring (bicyclic) bond motifs is 2. The van der Waals surface area contributed by atoms with Crippen LogP contribution >= 0.6 is 22.7 Å². The van der Waals surface area contributed by atoms with E-state index in [0.717, 1.165) is 0 Å². The van der Waals surface area contributed by atoms with Crippen molar-refractivity contribution in [3.8, 4) is 32.0 Å². The summed E-state index contributed by atoms with van der Waals surface area (Å²) < 4.78 is 2.67. The fourth-order valence-corrected chi connectivity index (χ4v) is 6.83. The smallest absolute Gasteiger partial charge is 0.0434 e. The maximum Gasteiger partial charge on any atom is 0.0434 e. The van der Waals surface area contributed by atoms with E-state index < -0.39 is 0 Å². The second-order valence-corrected chi connectivity index (χ2v) is 10.4. The van der Waals surface area contributed by atoms with E-state index >= 15 is 0 Å². The maximum atomic E-state index is 2.28. The summed E-state index contributed by atoms with van der Waals surface area (Å²) >= 11 is 3.80. The molecule has 0 amide bonds. The molecule has 6 aromatic rings. The first-order valence-corrected chi connectivity index (χ1v) is 12.5. The molecule has 0 bridgehead atoms. The molecule has 0 spiro atoms. The second kappa shape index (κ2) is 7.74. The highest BCUT2D eigenvalue weighted by Gasteiger charge is 2.23. The Morgan fingerprint density at radius 3 is 1.22 bits per heavy atom. The Hall–Kier alpha value is -3.20. The number of hydrogen-bond donors (Lipinski definition) is 0. The highest BCUT2D eigenvalue weighted by Crippen LogP contribution is 2.52. The van der Waals surface area contributed by atoms with Crippen molar-refractivity contribution in [1.82, 2.24) is 0 Å². The topological polar surface area (TPSA) is 0 Å². The van der Waals surface area contributed by atoms with Gasteiger partial charge in [-0.25, -0.2) is 0 Å². The molecule has 2 heterocycles. The summed E-state index contributed by atoms with van der Waals surface area (Å²) in [6, 6.07) is 35.6. The summed E-state index contributed by atoms with van der Waals surface area (Å²) in [4.78, 5) is 2.70. The van der Waals surface area contributed by atoms with Gasteiger partial charge in [-0.2, -0.15) is 0 Å². The number of thiophene rings is 2. The summed E-state index contributed by atoms with van der Waals surface area (Å²) in [5, 5.41) is 2.68. The van der Waals surface area contributed by atoms with Gasteiger partial charge in [-0.05, 0) is 37.1 Å². The Morgan fingerprint density at radius 1 is 0.438 bits per heavy atom. The third kappa shape index (κ3) is 3.19. The van der Waals surface area contributed by atoms with Crippen LogP contribution in [0, 0.1) is 13.8 Å². The Morgan fingerprint density at radius 2 is 0.812 bits per heavy atom. The van der Waals surface area contributed by atoms with E-state index in [2.05, 4.69) is 111 Å². The number of rotatable bonds is 3. The van der Waals surface area contributed by atoms with Crippen LogP contribution in [-0.4, -0.2) is 0 Å². The van der Waals surface area contributed by atoms with Gasteiger partial charge in [-0.1, -0.05) is 96.1 Å². The maximum absolute atomic E-state index is 2.28. The number of benzene rings is 4. The zero-order chi connectivity index (χ0) is 21.7. The SMILES string of the molecule is Cc1ccc(-c2sc3ccccc3c2-c2c(-c3ccc(C)cc3)sc3ccccc23)cc1. The molecule has 0 nitrogen and oxygen atoms in total. The minimum atomic E-state index is 1.29. The number of aryl methyl sites for hydroxylation is 2. The van der Waals surface area contributed by atoms with Crippen LogP contribution in [0.25, 0.3) is 52.2 Å². The summed E-state index contributed by atoms with van der Waals surface area (Å²) in [6.07, 6.45) is 0. The van der Waals surface area contributed by atoms with Crippen LogP contribution in [0.2, 0.25) is 0 Å². The van der Waals surface area contributed by atoms with Gasteiger partial charge in [0.15, 0.2) is 0 Å². The van der Waals surface area contributed by atoms with Crippen molar-refractivity contribution in [2.45, 2.75) is 13.8 Å². The van der Waals surface area contributed by atoms with E-state index in [0.29, 0.717) is 0 Å². The highest BCUT2D eigenvalue weighted by molar-refractivity contribution is 7.24. The van der Waals surface area contributed by atoms with Crippen LogP contribution < -0.4 is 0 Å². The van der Waals surface area contributed by atoms with Crippen molar-refractivity contribution in [1.29, 1.82) is 0 Å². The molecule has 2 aromatic heterocycles. The third-order valence-corrected chi connectivity index (χ3v) is 8.51. The van der Waals surface area contributed by atoms with Crippen molar-refractivity contribution in [3.05, 3.63) is 108 Å². The molecule has 0 fully saturated rings. The van der Waals surface area contributed by atoms with E-state index in [-0.39, 0.29) is 0 Å². The molecule has 0 aliphatic rings. The first kappa shape index (κ1) is 19.5. The molecule has 32 heavy (non-hydrogen) atoms. The predicted molar refractivity (Wildman–Crippen MR) is 143 cm³/mol. The molecule has 0 saturated carbocycles. The van der Waals surface area contributed by atoms with E-state index in [1.54, 1.807) is 0 Å². The summed E-state index contributed by atoms with van der Waals surface area (Å²) in [7, 11) is 0. The van der Waals surface area contributed by atoms with Crippen LogP contribution in [0.4, 0.5) is 0 Å². The van der Waals surface area contributed by atoms with E-state index in [1.165, 1.54) is 63.3 Å². The molecule has 0 atom stereocenters. The van der Waals surface area contributed by atoms with Gasteiger partial charge in [0.1, 0.15) is 0 Å². The monoisotopic (exact) mass is 446 g/mol. The first-order valence-electron chi connectivity index (χ1n) is 10.9. The first-order chi connectivity index (χ1) is 15.7. The van der Waals surface area contributed by atoms with Crippen LogP contribution in [0.15, 0.2) is 97.1 Å². The van der Waals surface area contributed by atoms with E-state index in [9.17, 15) is 0 Å². The molecule has 154 valence electrons. The van der Waals surface area contributed by atoms with Gasteiger partial charge in [0, 0.05) is 41.1 Å². The molecule has 0 aliphatic carbocycles. The van der Waals surface area contributed by atoms with Gasteiger partial charge in [0.05, 0.1) is 0 Å². The fraction of sp³-hybridized carbons (Fsp3) is 0.0667. The van der Waals surface area contributed by atoms with Crippen LogP contribution in [0.5, 0.6) is 0 Å². The zero-order valence-corrected chi connectivity index (χ0v) is 19.7. The van der Waals surface area contributed by atoms with Crippen LogP contribution in [-0.2, 0) is 0 Å². The Labute approximate surface area is 196 Å². The number of hydrogen-bond acceptors (Lipinski definition) is 2. The van der Waals surface area contributed by atoms with Crippen molar-refractivity contribution >= 4 is 42.8 Å². The zero-order valence-electron chi connectivity index (χ0n) is 18.1. The highest BCUT2D eigenvalue weighted by atomic mass is 32.1. The summed E-state index contributed by atoms with van der Waals surface area (Å²) in [6.45, 7) is 4.30. The van der Waals surface area contributed by atoms with Crippen molar-refractivity contribution < 1.29 is 0 Å². The Kier molecular flexibility index (Phi) is 4.71. The van der Waals surface area contributed by atoms with Gasteiger partial charge in [0.25, 0.3) is 0 Å². The molecule has 0 saturated heterocycles. The molecule has 4 aromatic carbocycles. The van der Waals surface area contributed by atoms with Crippen LogP contribution in [0.1, 0.15) is 11.1 Å². The third-order valence-electron chi connectivity index (χ3n) is 6.07. The largest absolute Gasteiger partial charge is 0.135 e. The summed E-state index contributed by atoms with van der Waals surface area (Å²) in [5.74, 6) is 0. The quantitative estimate of drug-likeness (QED) is 0.254.